The van der Waals surface area contributed by atoms with Crippen molar-refractivity contribution in [1.29, 1.82) is 0 Å². The van der Waals surface area contributed by atoms with Gasteiger partial charge in [-0.25, -0.2) is 0 Å². The summed E-state index contributed by atoms with van der Waals surface area (Å²) in [5.74, 6) is 0. The molecule has 0 saturated carbocycles. The average Bonchev–Trinajstić information content (AvgIpc) is 2.59. The normalized spacial score (nSPS) is 38.0. The van der Waals surface area contributed by atoms with Crippen LogP contribution in [0.25, 0.3) is 0 Å². The maximum Gasteiger partial charge on any atom is 0.0876 e. The fourth-order valence-electron chi connectivity index (χ4n) is 3.25. The molecule has 2 unspecified atom stereocenters. The molecule has 3 N–H and O–H groups in total. The first-order valence-electron chi connectivity index (χ1n) is 6.18. The second-order valence-corrected chi connectivity index (χ2v) is 5.81. The highest BCUT2D eigenvalue weighted by Gasteiger charge is 2.54. The highest BCUT2D eigenvalue weighted by molar-refractivity contribution is 5.08. The van der Waals surface area contributed by atoms with Crippen LogP contribution in [0.5, 0.6) is 0 Å². The van der Waals surface area contributed by atoms with Gasteiger partial charge < -0.3 is 10.8 Å². The number of hydrogen-bond acceptors (Lipinski definition) is 3. The lowest BCUT2D eigenvalue weighted by Gasteiger charge is -2.46. The van der Waals surface area contributed by atoms with Crippen LogP contribution in [0, 0.1) is 5.41 Å². The van der Waals surface area contributed by atoms with Gasteiger partial charge in [0, 0.05) is 24.5 Å². The summed E-state index contributed by atoms with van der Waals surface area (Å²) in [5, 5.41) is 10.9. The Bertz CT molecular complexity index is 242. The standard InChI is InChI=1S/C12H24N2O/c1-11(2,9-13)12(15)6-8-14-7-4-3-5-10(12)14/h10,15H,3-9,13H2,1-2H3. The highest BCUT2D eigenvalue weighted by Crippen LogP contribution is 2.45. The largest absolute Gasteiger partial charge is 0.388 e. The van der Waals surface area contributed by atoms with Crippen molar-refractivity contribution < 1.29 is 5.11 Å². The number of nitrogens with two attached hydrogens (primary N) is 1. The molecule has 2 rings (SSSR count). The minimum atomic E-state index is -0.567. The second kappa shape index (κ2) is 3.72. The summed E-state index contributed by atoms with van der Waals surface area (Å²) in [7, 11) is 0. The number of piperidine rings is 1. The fraction of sp³-hybridized carbons (Fsp3) is 1.00. The second-order valence-electron chi connectivity index (χ2n) is 5.81. The van der Waals surface area contributed by atoms with Crippen molar-refractivity contribution in [3.8, 4) is 0 Å². The van der Waals surface area contributed by atoms with Gasteiger partial charge in [-0.1, -0.05) is 20.3 Å². The van der Waals surface area contributed by atoms with Gasteiger partial charge >= 0.3 is 0 Å². The molecule has 2 saturated heterocycles. The molecule has 0 spiro atoms. The van der Waals surface area contributed by atoms with Gasteiger partial charge in [-0.05, 0) is 25.8 Å². The van der Waals surface area contributed by atoms with Gasteiger partial charge in [0.2, 0.25) is 0 Å². The van der Waals surface area contributed by atoms with Crippen LogP contribution < -0.4 is 5.73 Å². The zero-order valence-corrected chi connectivity index (χ0v) is 10.00. The monoisotopic (exact) mass is 212 g/mol. The maximum absolute atomic E-state index is 10.9. The van der Waals surface area contributed by atoms with Crippen LogP contribution >= 0.6 is 0 Å². The lowest BCUT2D eigenvalue weighted by atomic mass is 9.69. The molecule has 15 heavy (non-hydrogen) atoms. The molecular formula is C12H24N2O. The molecule has 0 aliphatic carbocycles. The Balaban J connectivity index is 2.21. The van der Waals surface area contributed by atoms with E-state index in [1.807, 2.05) is 0 Å². The first-order valence-corrected chi connectivity index (χ1v) is 6.18. The summed E-state index contributed by atoms with van der Waals surface area (Å²) in [6, 6.07) is 0.352. The van der Waals surface area contributed by atoms with Gasteiger partial charge in [0.05, 0.1) is 5.60 Å². The molecule has 0 amide bonds. The van der Waals surface area contributed by atoms with E-state index in [9.17, 15) is 5.11 Å². The summed E-state index contributed by atoms with van der Waals surface area (Å²) in [6.45, 7) is 6.97. The van der Waals surface area contributed by atoms with E-state index in [0.717, 1.165) is 25.9 Å². The van der Waals surface area contributed by atoms with Gasteiger partial charge in [0.1, 0.15) is 0 Å². The molecule has 0 aromatic rings. The van der Waals surface area contributed by atoms with E-state index in [-0.39, 0.29) is 5.41 Å². The predicted octanol–water partition coefficient (Wildman–Crippen LogP) is 0.961. The van der Waals surface area contributed by atoms with Crippen molar-refractivity contribution in [1.82, 2.24) is 4.90 Å². The minimum Gasteiger partial charge on any atom is -0.388 e. The van der Waals surface area contributed by atoms with Gasteiger partial charge in [-0.15, -0.1) is 0 Å². The van der Waals surface area contributed by atoms with E-state index in [0.29, 0.717) is 12.6 Å². The van der Waals surface area contributed by atoms with Crippen molar-refractivity contribution in [3.05, 3.63) is 0 Å². The Hall–Kier alpha value is -0.120. The highest BCUT2D eigenvalue weighted by atomic mass is 16.3. The number of fused-ring (bicyclic) bond motifs is 1. The third-order valence-electron chi connectivity index (χ3n) is 4.63. The van der Waals surface area contributed by atoms with Crippen molar-refractivity contribution >= 4 is 0 Å². The van der Waals surface area contributed by atoms with Crippen LogP contribution in [-0.2, 0) is 0 Å². The molecule has 0 bridgehead atoms. The van der Waals surface area contributed by atoms with Crippen LogP contribution in [-0.4, -0.2) is 41.3 Å². The van der Waals surface area contributed by atoms with E-state index in [1.165, 1.54) is 12.8 Å². The molecule has 3 heteroatoms. The van der Waals surface area contributed by atoms with Crippen LogP contribution in [0.4, 0.5) is 0 Å². The maximum atomic E-state index is 10.9. The molecule has 3 nitrogen and oxygen atoms in total. The lowest BCUT2D eigenvalue weighted by molar-refractivity contribution is -0.0929. The predicted molar refractivity (Wildman–Crippen MR) is 61.6 cm³/mol. The van der Waals surface area contributed by atoms with Crippen molar-refractivity contribution in [2.24, 2.45) is 11.1 Å². The zero-order chi connectivity index (χ0) is 11.1. The zero-order valence-electron chi connectivity index (χ0n) is 10.00. The number of aliphatic hydroxyl groups is 1. The summed E-state index contributed by atoms with van der Waals surface area (Å²) in [4.78, 5) is 2.46. The third kappa shape index (κ3) is 1.61. The molecule has 88 valence electrons. The van der Waals surface area contributed by atoms with Crippen molar-refractivity contribution in [2.75, 3.05) is 19.6 Å². The SMILES string of the molecule is CC(C)(CN)C1(O)CCN2CCCCC21. The van der Waals surface area contributed by atoms with Crippen LogP contribution in [0.15, 0.2) is 0 Å². The van der Waals surface area contributed by atoms with Crippen molar-refractivity contribution in [2.45, 2.75) is 51.2 Å². The first kappa shape index (κ1) is 11.4. The summed E-state index contributed by atoms with van der Waals surface area (Å²) in [6.07, 6.45) is 4.57. The first-order chi connectivity index (χ1) is 7.01. The Kier molecular flexibility index (Phi) is 2.82. The van der Waals surface area contributed by atoms with Crippen LogP contribution in [0.1, 0.15) is 39.5 Å². The Morgan fingerprint density at radius 1 is 1.40 bits per heavy atom. The number of hydrogen-bond donors (Lipinski definition) is 2. The Labute approximate surface area is 92.6 Å². The van der Waals surface area contributed by atoms with Crippen LogP contribution in [0.3, 0.4) is 0 Å². The minimum absolute atomic E-state index is 0.163. The van der Waals surface area contributed by atoms with Gasteiger partial charge in [-0.3, -0.25) is 4.90 Å². The summed E-state index contributed by atoms with van der Waals surface area (Å²) >= 11 is 0. The molecular weight excluding hydrogens is 188 g/mol. The molecule has 2 atom stereocenters. The van der Waals surface area contributed by atoms with E-state index >= 15 is 0 Å². The fourth-order valence-corrected chi connectivity index (χ4v) is 3.25. The van der Waals surface area contributed by atoms with E-state index in [2.05, 4.69) is 18.7 Å². The molecule has 0 aromatic carbocycles. The van der Waals surface area contributed by atoms with E-state index in [1.54, 1.807) is 0 Å². The third-order valence-corrected chi connectivity index (χ3v) is 4.63. The molecule has 2 heterocycles. The Morgan fingerprint density at radius 3 is 2.80 bits per heavy atom. The molecule has 2 aliphatic rings. The average molecular weight is 212 g/mol. The summed E-state index contributed by atoms with van der Waals surface area (Å²) in [5.41, 5.74) is 5.08. The van der Waals surface area contributed by atoms with E-state index < -0.39 is 5.60 Å². The van der Waals surface area contributed by atoms with Gasteiger partial charge in [0.15, 0.2) is 0 Å². The summed E-state index contributed by atoms with van der Waals surface area (Å²) < 4.78 is 0. The topological polar surface area (TPSA) is 49.5 Å². The Morgan fingerprint density at radius 2 is 2.13 bits per heavy atom. The number of nitrogens with zero attached hydrogens (tertiary/aromatic N) is 1. The molecule has 0 aromatic heterocycles. The molecule has 2 fully saturated rings. The lowest BCUT2D eigenvalue weighted by Crippen LogP contribution is -2.57. The molecule has 2 aliphatic heterocycles. The van der Waals surface area contributed by atoms with Crippen molar-refractivity contribution in [3.63, 3.8) is 0 Å². The molecule has 0 radical (unpaired) electrons. The number of rotatable bonds is 2. The quantitative estimate of drug-likeness (QED) is 0.717. The van der Waals surface area contributed by atoms with Gasteiger partial charge in [0.25, 0.3) is 0 Å². The van der Waals surface area contributed by atoms with Gasteiger partial charge in [-0.2, -0.15) is 0 Å². The van der Waals surface area contributed by atoms with E-state index in [4.69, 9.17) is 5.73 Å². The van der Waals surface area contributed by atoms with Crippen LogP contribution in [0.2, 0.25) is 0 Å². The smallest absolute Gasteiger partial charge is 0.0876 e.